The first kappa shape index (κ1) is 34.8. The number of ether oxygens (including phenoxy) is 1. The van der Waals surface area contributed by atoms with Crippen LogP contribution in [-0.2, 0) is 23.9 Å². The van der Waals surface area contributed by atoms with Gasteiger partial charge in [0.2, 0.25) is 6.41 Å². The summed E-state index contributed by atoms with van der Waals surface area (Å²) in [5, 5.41) is 0. The summed E-state index contributed by atoms with van der Waals surface area (Å²) in [5.74, 6) is 0.833. The smallest absolute Gasteiger partial charge is 0.327 e. The molecule has 2 saturated heterocycles. The van der Waals surface area contributed by atoms with E-state index in [2.05, 4.69) is 0 Å². The van der Waals surface area contributed by atoms with Crippen LogP contribution in [0.3, 0.4) is 0 Å². The van der Waals surface area contributed by atoms with Gasteiger partial charge in [0.25, 0.3) is 17.7 Å². The number of nitrogens with zero attached hydrogens (tertiary/aromatic N) is 4. The Kier molecular flexibility index (Phi) is 11.9. The highest BCUT2D eigenvalue weighted by Crippen LogP contribution is 2.61. The minimum atomic E-state index is -0.749. The van der Waals surface area contributed by atoms with Crippen LogP contribution in [-0.4, -0.2) is 113 Å². The van der Waals surface area contributed by atoms with E-state index in [1.54, 1.807) is 19.0 Å². The van der Waals surface area contributed by atoms with E-state index >= 15 is 0 Å². The van der Waals surface area contributed by atoms with Crippen molar-refractivity contribution < 1.29 is 28.7 Å². The molecule has 4 aliphatic rings. The zero-order valence-corrected chi connectivity index (χ0v) is 28.7. The van der Waals surface area contributed by atoms with Gasteiger partial charge in [-0.3, -0.25) is 29.0 Å². The second-order valence-corrected chi connectivity index (χ2v) is 15.6. The molecule has 6 amide bonds. The fraction of sp³-hybridized carbons (Fsp3) is 0.781. The molecule has 4 rings (SSSR count). The number of carbonyl (C=O) groups is 5. The van der Waals surface area contributed by atoms with Crippen LogP contribution in [0.1, 0.15) is 85.0 Å². The lowest BCUT2D eigenvalue weighted by molar-refractivity contribution is -0.151. The van der Waals surface area contributed by atoms with Gasteiger partial charge in [0.15, 0.2) is 0 Å². The van der Waals surface area contributed by atoms with Crippen LogP contribution in [0.2, 0.25) is 0 Å². The zero-order valence-electron chi connectivity index (χ0n) is 27.1. The fourth-order valence-corrected chi connectivity index (χ4v) is 9.74. The number of thioether (sulfide) groups is 2. The molecule has 2 heterocycles. The van der Waals surface area contributed by atoms with Crippen molar-refractivity contribution in [3.05, 3.63) is 9.81 Å². The van der Waals surface area contributed by atoms with Crippen molar-refractivity contribution >= 4 is 53.7 Å². The molecule has 2 saturated carbocycles. The average Bonchev–Trinajstić information content (AvgIpc) is 3.18. The Bertz CT molecular complexity index is 1120. The SMILES string of the molecule is CCCCN(C=O)C(=O)C(C(=O)N(C)C1CCC2(CC1)CC1(C2)C(=O)N(C)C(=O)N1CC1CCOCC1)=C(SCC)SCC. The lowest BCUT2D eigenvalue weighted by Crippen LogP contribution is -2.65. The molecule has 2 aliphatic heterocycles. The molecule has 0 bridgehead atoms. The molecule has 246 valence electrons. The van der Waals surface area contributed by atoms with Gasteiger partial charge in [-0.25, -0.2) is 4.79 Å². The third-order valence-corrected chi connectivity index (χ3v) is 12.3. The van der Waals surface area contributed by atoms with Gasteiger partial charge in [-0.2, -0.15) is 0 Å². The number of imide groups is 2. The van der Waals surface area contributed by atoms with Gasteiger partial charge in [-0.1, -0.05) is 27.2 Å². The Morgan fingerprint density at radius 3 is 2.16 bits per heavy atom. The highest BCUT2D eigenvalue weighted by atomic mass is 32.2. The Morgan fingerprint density at radius 1 is 1.00 bits per heavy atom. The van der Waals surface area contributed by atoms with Crippen LogP contribution in [0.4, 0.5) is 4.79 Å². The van der Waals surface area contributed by atoms with Gasteiger partial charge < -0.3 is 14.5 Å². The van der Waals surface area contributed by atoms with E-state index in [0.29, 0.717) is 67.1 Å². The first-order valence-electron chi connectivity index (χ1n) is 16.3. The van der Waals surface area contributed by atoms with E-state index in [1.807, 2.05) is 25.7 Å². The minimum absolute atomic E-state index is 0.0281. The lowest BCUT2D eigenvalue weighted by atomic mass is 9.51. The fourth-order valence-electron chi connectivity index (χ4n) is 7.54. The molecule has 10 nitrogen and oxygen atoms in total. The van der Waals surface area contributed by atoms with Gasteiger partial charge in [-0.15, -0.1) is 23.5 Å². The van der Waals surface area contributed by atoms with E-state index in [9.17, 15) is 24.0 Å². The molecule has 2 aliphatic carbocycles. The first-order valence-corrected chi connectivity index (χ1v) is 18.3. The molecule has 4 fully saturated rings. The summed E-state index contributed by atoms with van der Waals surface area (Å²) in [6.45, 7) is 8.26. The summed E-state index contributed by atoms with van der Waals surface area (Å²) in [4.78, 5) is 72.2. The summed E-state index contributed by atoms with van der Waals surface area (Å²) in [5.41, 5.74) is -0.680. The van der Waals surface area contributed by atoms with Gasteiger partial charge in [-0.05, 0) is 80.6 Å². The minimum Gasteiger partial charge on any atom is -0.381 e. The summed E-state index contributed by atoms with van der Waals surface area (Å²) >= 11 is 2.95. The molecule has 0 aromatic heterocycles. The number of unbranched alkanes of at least 4 members (excludes halogenated alkanes) is 1. The molecule has 0 aromatic carbocycles. The number of rotatable bonds is 13. The molecule has 0 N–H and O–H groups in total. The highest BCUT2D eigenvalue weighted by Gasteiger charge is 2.68. The monoisotopic (exact) mass is 650 g/mol. The summed E-state index contributed by atoms with van der Waals surface area (Å²) in [6.07, 6.45) is 8.46. The second-order valence-electron chi connectivity index (χ2n) is 12.8. The van der Waals surface area contributed by atoms with Crippen molar-refractivity contribution in [3.63, 3.8) is 0 Å². The largest absolute Gasteiger partial charge is 0.381 e. The predicted octanol–water partition coefficient (Wildman–Crippen LogP) is 4.73. The third-order valence-electron chi connectivity index (χ3n) is 10.1. The number of amides is 6. The first-order chi connectivity index (χ1) is 21.1. The van der Waals surface area contributed by atoms with Crippen LogP contribution >= 0.6 is 23.5 Å². The highest BCUT2D eigenvalue weighted by molar-refractivity contribution is 8.22. The maximum absolute atomic E-state index is 14.0. The van der Waals surface area contributed by atoms with E-state index in [0.717, 1.165) is 49.8 Å². The van der Waals surface area contributed by atoms with Crippen LogP contribution in [0.15, 0.2) is 9.81 Å². The van der Waals surface area contributed by atoms with Gasteiger partial charge in [0.05, 0.1) is 4.24 Å². The van der Waals surface area contributed by atoms with Crippen LogP contribution in [0.5, 0.6) is 0 Å². The molecule has 0 atom stereocenters. The van der Waals surface area contributed by atoms with E-state index < -0.39 is 11.4 Å². The quantitative estimate of drug-likeness (QED) is 0.0926. The molecule has 0 aromatic rings. The summed E-state index contributed by atoms with van der Waals surface area (Å²) < 4.78 is 6.18. The normalized spacial score (nSPS) is 27.1. The van der Waals surface area contributed by atoms with Crippen LogP contribution < -0.4 is 0 Å². The number of likely N-dealkylation sites (N-methyl/N-ethyl adjacent to an activating group) is 2. The van der Waals surface area contributed by atoms with E-state index in [1.165, 1.54) is 28.4 Å². The average molecular weight is 651 g/mol. The second kappa shape index (κ2) is 15.0. The molecular formula is C32H50N4O6S2. The van der Waals surface area contributed by atoms with Crippen LogP contribution in [0.25, 0.3) is 0 Å². The Labute approximate surface area is 271 Å². The van der Waals surface area contributed by atoms with Crippen molar-refractivity contribution in [2.24, 2.45) is 11.3 Å². The van der Waals surface area contributed by atoms with Crippen molar-refractivity contribution in [1.82, 2.24) is 19.6 Å². The number of hydrogen-bond donors (Lipinski definition) is 0. The maximum Gasteiger partial charge on any atom is 0.327 e. The molecule has 12 heteroatoms. The number of carbonyl (C=O) groups excluding carboxylic acids is 5. The maximum atomic E-state index is 14.0. The van der Waals surface area contributed by atoms with Crippen molar-refractivity contribution in [2.45, 2.75) is 96.6 Å². The molecule has 2 spiro atoms. The lowest BCUT2D eigenvalue weighted by Gasteiger charge is -2.59. The van der Waals surface area contributed by atoms with Crippen molar-refractivity contribution in [1.29, 1.82) is 0 Å². The van der Waals surface area contributed by atoms with Crippen LogP contribution in [0, 0.1) is 11.3 Å². The van der Waals surface area contributed by atoms with E-state index in [-0.39, 0.29) is 41.4 Å². The molecule has 0 radical (unpaired) electrons. The standard InChI is InChI=1S/C32H50N4O6S2/c1-6-9-16-35(22-37)27(39)25(28(43-7-2)44-8-3)26(38)33(4)24-10-14-31(15-11-24)20-32(21-31)29(40)34(5)30(41)36(32)19-23-12-17-42-18-13-23/h22-24H,6-21H2,1-5H3. The van der Waals surface area contributed by atoms with Crippen molar-refractivity contribution in [3.8, 4) is 0 Å². The van der Waals surface area contributed by atoms with Gasteiger partial charge in [0, 0.05) is 46.4 Å². The predicted molar refractivity (Wildman–Crippen MR) is 174 cm³/mol. The molecular weight excluding hydrogens is 601 g/mol. The van der Waals surface area contributed by atoms with E-state index in [4.69, 9.17) is 4.74 Å². The molecule has 0 unspecified atom stereocenters. The Morgan fingerprint density at radius 2 is 1.61 bits per heavy atom. The summed E-state index contributed by atoms with van der Waals surface area (Å²) in [6, 6.07) is -0.234. The number of hydrogen-bond acceptors (Lipinski definition) is 8. The topological polar surface area (TPSA) is 108 Å². The van der Waals surface area contributed by atoms with Gasteiger partial charge >= 0.3 is 6.03 Å². The summed E-state index contributed by atoms with van der Waals surface area (Å²) in [7, 11) is 3.37. The zero-order chi connectivity index (χ0) is 32.1. The Hall–Kier alpha value is -2.05. The Balaban J connectivity index is 1.46. The van der Waals surface area contributed by atoms with Gasteiger partial charge in [0.1, 0.15) is 11.1 Å². The molecule has 44 heavy (non-hydrogen) atoms. The third kappa shape index (κ3) is 6.87. The number of urea groups is 1. The van der Waals surface area contributed by atoms with Crippen molar-refractivity contribution in [2.75, 3.05) is 51.9 Å².